The van der Waals surface area contributed by atoms with Crippen LogP contribution in [0.15, 0.2) is 24.3 Å². The molecule has 0 aromatic heterocycles. The summed E-state index contributed by atoms with van der Waals surface area (Å²) in [5.41, 5.74) is 2.48. The molecule has 0 radical (unpaired) electrons. The van der Waals surface area contributed by atoms with Crippen LogP contribution in [0.1, 0.15) is 31.9 Å². The van der Waals surface area contributed by atoms with Crippen molar-refractivity contribution in [2.24, 2.45) is 5.92 Å². The molecule has 2 rings (SSSR count). The Labute approximate surface area is 131 Å². The van der Waals surface area contributed by atoms with E-state index in [0.29, 0.717) is 19.7 Å². The molecule has 1 N–H and O–H groups in total. The van der Waals surface area contributed by atoms with E-state index in [1.807, 2.05) is 30.9 Å². The first kappa shape index (κ1) is 16.3. The number of hydrogen-bond acceptors (Lipinski definition) is 3. The molecule has 22 heavy (non-hydrogen) atoms. The van der Waals surface area contributed by atoms with Gasteiger partial charge in [0.15, 0.2) is 0 Å². The van der Waals surface area contributed by atoms with Crippen molar-refractivity contribution in [2.75, 3.05) is 13.2 Å². The zero-order chi connectivity index (χ0) is 16.1. The SMILES string of the molecule is CCOC(=O)N[C@@H](C(=O)N1CCc2ccccc2C1)C(C)C. The van der Waals surface area contributed by atoms with Crippen LogP contribution in [0.4, 0.5) is 4.79 Å². The molecule has 0 unspecified atom stereocenters. The van der Waals surface area contributed by atoms with Crippen LogP contribution in [0.3, 0.4) is 0 Å². The Morgan fingerprint density at radius 2 is 1.95 bits per heavy atom. The molecule has 1 aliphatic rings. The van der Waals surface area contributed by atoms with Gasteiger partial charge in [-0.15, -0.1) is 0 Å². The number of rotatable bonds is 4. The lowest BCUT2D eigenvalue weighted by Gasteiger charge is -2.33. The standard InChI is InChI=1S/C17H24N2O3/c1-4-22-17(21)18-15(12(2)3)16(20)19-10-9-13-7-5-6-8-14(13)11-19/h5-8,12,15H,4,9-11H2,1-3H3,(H,18,21)/t15-/m1/s1. The van der Waals surface area contributed by atoms with Crippen LogP contribution in [-0.2, 0) is 22.5 Å². The van der Waals surface area contributed by atoms with Crippen LogP contribution in [0.25, 0.3) is 0 Å². The van der Waals surface area contributed by atoms with Crippen molar-refractivity contribution in [3.63, 3.8) is 0 Å². The molecule has 1 aromatic rings. The smallest absolute Gasteiger partial charge is 0.407 e. The van der Waals surface area contributed by atoms with Gasteiger partial charge in [0.1, 0.15) is 6.04 Å². The maximum absolute atomic E-state index is 12.7. The van der Waals surface area contributed by atoms with Crippen molar-refractivity contribution < 1.29 is 14.3 Å². The normalized spacial score (nSPS) is 15.2. The van der Waals surface area contributed by atoms with Gasteiger partial charge in [0.2, 0.25) is 5.91 Å². The van der Waals surface area contributed by atoms with E-state index in [0.717, 1.165) is 6.42 Å². The number of alkyl carbamates (subject to hydrolysis) is 1. The molecular weight excluding hydrogens is 280 g/mol. The van der Waals surface area contributed by atoms with Gasteiger partial charge in [-0.25, -0.2) is 4.79 Å². The summed E-state index contributed by atoms with van der Waals surface area (Å²) in [6, 6.07) is 7.62. The topological polar surface area (TPSA) is 58.6 Å². The first-order valence-corrected chi connectivity index (χ1v) is 7.81. The molecule has 0 saturated carbocycles. The molecule has 1 atom stereocenters. The summed E-state index contributed by atoms with van der Waals surface area (Å²) in [5, 5.41) is 2.69. The van der Waals surface area contributed by atoms with Crippen molar-refractivity contribution in [2.45, 2.75) is 39.8 Å². The minimum atomic E-state index is -0.552. The van der Waals surface area contributed by atoms with Crippen LogP contribution in [0.2, 0.25) is 0 Å². The number of ether oxygens (including phenoxy) is 1. The zero-order valence-corrected chi connectivity index (χ0v) is 13.5. The summed E-state index contributed by atoms with van der Waals surface area (Å²) < 4.78 is 4.90. The number of nitrogens with one attached hydrogen (secondary N) is 1. The average Bonchev–Trinajstić information content (AvgIpc) is 2.51. The summed E-state index contributed by atoms with van der Waals surface area (Å²) in [6.07, 6.45) is 0.318. The molecule has 1 aromatic carbocycles. The molecule has 5 nitrogen and oxygen atoms in total. The quantitative estimate of drug-likeness (QED) is 0.929. The maximum Gasteiger partial charge on any atom is 0.407 e. The van der Waals surface area contributed by atoms with E-state index in [4.69, 9.17) is 4.74 Å². The highest BCUT2D eigenvalue weighted by Gasteiger charge is 2.30. The molecule has 5 heteroatoms. The third-order valence-electron chi connectivity index (χ3n) is 3.92. The van der Waals surface area contributed by atoms with Crippen LogP contribution in [0, 0.1) is 5.92 Å². The molecule has 0 saturated heterocycles. The lowest BCUT2D eigenvalue weighted by atomic mass is 9.97. The summed E-state index contributed by atoms with van der Waals surface area (Å²) >= 11 is 0. The highest BCUT2D eigenvalue weighted by atomic mass is 16.5. The lowest BCUT2D eigenvalue weighted by Crippen LogP contribution is -2.52. The molecule has 0 fully saturated rings. The largest absolute Gasteiger partial charge is 0.450 e. The minimum absolute atomic E-state index is 0.00840. The van der Waals surface area contributed by atoms with Crippen LogP contribution in [-0.4, -0.2) is 36.1 Å². The molecule has 0 spiro atoms. The number of nitrogens with zero attached hydrogens (tertiary/aromatic N) is 1. The van der Waals surface area contributed by atoms with Crippen molar-refractivity contribution in [3.8, 4) is 0 Å². The monoisotopic (exact) mass is 304 g/mol. The van der Waals surface area contributed by atoms with Crippen LogP contribution < -0.4 is 5.32 Å². The van der Waals surface area contributed by atoms with E-state index >= 15 is 0 Å². The summed E-state index contributed by atoms with van der Waals surface area (Å²) in [6.45, 7) is 7.17. The zero-order valence-electron chi connectivity index (χ0n) is 13.5. The Kier molecular flexibility index (Phi) is 5.41. The number of carbonyl (C=O) groups excluding carboxylic acids is 2. The Balaban J connectivity index is 2.07. The highest BCUT2D eigenvalue weighted by Crippen LogP contribution is 2.20. The van der Waals surface area contributed by atoms with E-state index in [9.17, 15) is 9.59 Å². The number of hydrogen-bond donors (Lipinski definition) is 1. The van der Waals surface area contributed by atoms with Gasteiger partial charge in [0, 0.05) is 13.1 Å². The van der Waals surface area contributed by atoms with Gasteiger partial charge < -0.3 is 15.0 Å². The first-order valence-electron chi connectivity index (χ1n) is 7.81. The van der Waals surface area contributed by atoms with Gasteiger partial charge in [-0.05, 0) is 30.4 Å². The third-order valence-corrected chi connectivity index (χ3v) is 3.92. The molecule has 1 aliphatic heterocycles. The van der Waals surface area contributed by atoms with Gasteiger partial charge >= 0.3 is 6.09 Å². The van der Waals surface area contributed by atoms with E-state index in [1.54, 1.807) is 6.92 Å². The minimum Gasteiger partial charge on any atom is -0.450 e. The summed E-state index contributed by atoms with van der Waals surface area (Å²) in [5.74, 6) is -0.0355. The third kappa shape index (κ3) is 3.78. The van der Waals surface area contributed by atoms with Gasteiger partial charge in [0.05, 0.1) is 6.61 Å². The second kappa shape index (κ2) is 7.29. The Bertz CT molecular complexity index is 542. The van der Waals surface area contributed by atoms with Crippen molar-refractivity contribution >= 4 is 12.0 Å². The second-order valence-corrected chi connectivity index (χ2v) is 5.86. The molecule has 0 bridgehead atoms. The summed E-state index contributed by atoms with van der Waals surface area (Å²) in [7, 11) is 0. The van der Waals surface area contributed by atoms with Crippen molar-refractivity contribution in [1.29, 1.82) is 0 Å². The first-order chi connectivity index (χ1) is 10.5. The van der Waals surface area contributed by atoms with Crippen LogP contribution in [0.5, 0.6) is 0 Å². The Morgan fingerprint density at radius 1 is 1.27 bits per heavy atom. The molecular formula is C17H24N2O3. The number of benzene rings is 1. The molecule has 120 valence electrons. The lowest BCUT2D eigenvalue weighted by molar-refractivity contribution is -0.135. The Hall–Kier alpha value is -2.04. The van der Waals surface area contributed by atoms with Gasteiger partial charge in [0.25, 0.3) is 0 Å². The van der Waals surface area contributed by atoms with E-state index in [2.05, 4.69) is 17.4 Å². The van der Waals surface area contributed by atoms with Gasteiger partial charge in [-0.1, -0.05) is 38.1 Å². The average molecular weight is 304 g/mol. The van der Waals surface area contributed by atoms with Crippen molar-refractivity contribution in [1.82, 2.24) is 10.2 Å². The predicted octanol–water partition coefficient (Wildman–Crippen LogP) is 2.34. The predicted molar refractivity (Wildman–Crippen MR) is 84.3 cm³/mol. The number of carbonyl (C=O) groups is 2. The summed E-state index contributed by atoms with van der Waals surface area (Å²) in [4.78, 5) is 26.2. The molecule has 1 heterocycles. The fraction of sp³-hybridized carbons (Fsp3) is 0.529. The highest BCUT2D eigenvalue weighted by molar-refractivity contribution is 5.86. The number of fused-ring (bicyclic) bond motifs is 1. The van der Waals surface area contributed by atoms with Gasteiger partial charge in [-0.2, -0.15) is 0 Å². The second-order valence-electron chi connectivity index (χ2n) is 5.86. The van der Waals surface area contributed by atoms with Crippen LogP contribution >= 0.6 is 0 Å². The Morgan fingerprint density at radius 3 is 2.59 bits per heavy atom. The maximum atomic E-state index is 12.7. The van der Waals surface area contributed by atoms with E-state index < -0.39 is 12.1 Å². The van der Waals surface area contributed by atoms with E-state index in [1.165, 1.54) is 11.1 Å². The van der Waals surface area contributed by atoms with Crippen molar-refractivity contribution in [3.05, 3.63) is 35.4 Å². The van der Waals surface area contributed by atoms with Gasteiger partial charge in [-0.3, -0.25) is 4.79 Å². The van der Waals surface area contributed by atoms with E-state index in [-0.39, 0.29) is 11.8 Å². The molecule has 2 amide bonds. The molecule has 0 aliphatic carbocycles. The fourth-order valence-electron chi connectivity index (χ4n) is 2.69. The fourth-order valence-corrected chi connectivity index (χ4v) is 2.69. The number of amides is 2.